The molecule has 8 nitrogen and oxygen atoms in total. The molecule has 1 aliphatic rings. The van der Waals surface area contributed by atoms with E-state index in [0.717, 1.165) is 11.2 Å². The molecule has 5 rings (SSSR count). The summed E-state index contributed by atoms with van der Waals surface area (Å²) in [6.45, 7) is 7.36. The van der Waals surface area contributed by atoms with E-state index in [2.05, 4.69) is 28.9 Å². The predicted molar refractivity (Wildman–Crippen MR) is 131 cm³/mol. The number of nitrogens with zero attached hydrogens (tertiary/aromatic N) is 6. The molecule has 0 aliphatic carbocycles. The first-order valence-electron chi connectivity index (χ1n) is 11.5. The third-order valence-corrected chi connectivity index (χ3v) is 7.11. The second-order valence-electron chi connectivity index (χ2n) is 9.04. The first-order valence-corrected chi connectivity index (χ1v) is 12.4. The Hall–Kier alpha value is -3.27. The molecule has 1 aromatic carbocycles. The molecule has 1 aliphatic heterocycles. The Morgan fingerprint density at radius 2 is 1.82 bits per heavy atom. The minimum absolute atomic E-state index is 0.0414. The second-order valence-corrected chi connectivity index (χ2v) is 9.96. The van der Waals surface area contributed by atoms with Crippen molar-refractivity contribution in [3.05, 3.63) is 57.7 Å². The number of thiophene rings is 1. The summed E-state index contributed by atoms with van der Waals surface area (Å²) in [5, 5.41) is 10.6. The van der Waals surface area contributed by atoms with Gasteiger partial charge in [-0.3, -0.25) is 18.6 Å². The zero-order valence-electron chi connectivity index (χ0n) is 19.3. The molecule has 1 saturated heterocycles. The van der Waals surface area contributed by atoms with Crippen LogP contribution >= 0.6 is 11.3 Å². The molecule has 10 heteroatoms. The number of carbonyl (C=O) groups excluding carboxylic acids is 1. The molecule has 0 N–H and O–H groups in total. The van der Waals surface area contributed by atoms with Gasteiger partial charge in [0, 0.05) is 51.3 Å². The van der Waals surface area contributed by atoms with Gasteiger partial charge in [-0.2, -0.15) is 0 Å². The van der Waals surface area contributed by atoms with Crippen molar-refractivity contribution in [3.8, 4) is 0 Å². The van der Waals surface area contributed by atoms with Crippen LogP contribution in [0.4, 0.5) is 10.1 Å². The lowest BCUT2D eigenvalue weighted by Gasteiger charge is -2.36. The number of rotatable bonds is 6. The highest BCUT2D eigenvalue weighted by atomic mass is 32.1. The molecule has 0 saturated carbocycles. The number of benzene rings is 1. The molecule has 0 radical (unpaired) electrons. The van der Waals surface area contributed by atoms with Gasteiger partial charge in [0.1, 0.15) is 16.3 Å². The van der Waals surface area contributed by atoms with Crippen LogP contribution in [0.15, 0.2) is 40.5 Å². The van der Waals surface area contributed by atoms with Crippen LogP contribution in [0, 0.1) is 11.7 Å². The lowest BCUT2D eigenvalue weighted by molar-refractivity contribution is -0.131. The predicted octanol–water partition coefficient (Wildman–Crippen LogP) is 3.18. The smallest absolute Gasteiger partial charge is 0.272 e. The Morgan fingerprint density at radius 1 is 1.09 bits per heavy atom. The number of piperazine rings is 1. The number of carbonyl (C=O) groups is 1. The molecule has 4 heterocycles. The highest BCUT2D eigenvalue weighted by Gasteiger charge is 2.23. The normalized spacial score (nSPS) is 14.6. The molecule has 0 unspecified atom stereocenters. The summed E-state index contributed by atoms with van der Waals surface area (Å²) in [5.41, 5.74) is 1.72. The molecule has 34 heavy (non-hydrogen) atoms. The van der Waals surface area contributed by atoms with Crippen LogP contribution in [-0.4, -0.2) is 56.2 Å². The first kappa shape index (κ1) is 22.5. The van der Waals surface area contributed by atoms with Gasteiger partial charge in [0.15, 0.2) is 0 Å². The molecular formula is C24H27FN6O2S. The van der Waals surface area contributed by atoms with Crippen LogP contribution < -0.4 is 10.5 Å². The fraction of sp³-hybridized carbons (Fsp3) is 0.417. The summed E-state index contributed by atoms with van der Waals surface area (Å²) in [6.07, 6.45) is 0.773. The third kappa shape index (κ3) is 4.18. The maximum Gasteiger partial charge on any atom is 0.272 e. The largest absolute Gasteiger partial charge is 0.368 e. The summed E-state index contributed by atoms with van der Waals surface area (Å²) in [5.74, 6) is 1.33. The molecule has 178 valence electrons. The Labute approximate surface area is 200 Å². The van der Waals surface area contributed by atoms with Crippen molar-refractivity contribution in [1.82, 2.24) is 24.1 Å². The van der Waals surface area contributed by atoms with Crippen LogP contribution in [0.1, 0.15) is 26.1 Å². The Bertz CT molecular complexity index is 1380. The van der Waals surface area contributed by atoms with Crippen molar-refractivity contribution in [3.63, 3.8) is 0 Å². The van der Waals surface area contributed by atoms with E-state index in [1.807, 2.05) is 20.7 Å². The van der Waals surface area contributed by atoms with Gasteiger partial charge < -0.3 is 9.80 Å². The highest BCUT2D eigenvalue weighted by molar-refractivity contribution is 7.17. The second kappa shape index (κ2) is 9.17. The summed E-state index contributed by atoms with van der Waals surface area (Å²) < 4.78 is 17.5. The minimum atomic E-state index is -0.250. The number of fused-ring (bicyclic) bond motifs is 3. The van der Waals surface area contributed by atoms with Crippen LogP contribution in [-0.2, 0) is 17.8 Å². The standard InChI is InChI=1S/C24H27FN6O2S/c1-16(2)15-30-23(33)22-19(9-14-34-22)31-20(26-27-24(30)31)7-8-21(32)29-12-10-28(11-13-29)18-5-3-17(25)4-6-18/h3-6,9,14,16H,7-8,10-13,15H2,1-2H3. The van der Waals surface area contributed by atoms with Crippen molar-refractivity contribution in [2.45, 2.75) is 33.2 Å². The number of hydrogen-bond acceptors (Lipinski definition) is 6. The average Bonchev–Trinajstić information content (AvgIpc) is 3.48. The van der Waals surface area contributed by atoms with E-state index in [1.54, 1.807) is 16.7 Å². The summed E-state index contributed by atoms with van der Waals surface area (Å²) in [6, 6.07) is 8.37. The monoisotopic (exact) mass is 482 g/mol. The molecule has 4 aromatic rings. The number of amides is 1. The van der Waals surface area contributed by atoms with E-state index in [0.29, 0.717) is 61.9 Å². The van der Waals surface area contributed by atoms with Crippen LogP contribution in [0.5, 0.6) is 0 Å². The highest BCUT2D eigenvalue weighted by Crippen LogP contribution is 2.21. The SMILES string of the molecule is CC(C)Cn1c(=O)c2sccc2n2c(CCC(=O)N3CCN(c4ccc(F)cc4)CC3)nnc12. The minimum Gasteiger partial charge on any atom is -0.368 e. The van der Waals surface area contributed by atoms with E-state index < -0.39 is 0 Å². The summed E-state index contributed by atoms with van der Waals surface area (Å²) in [7, 11) is 0. The zero-order chi connectivity index (χ0) is 23.8. The van der Waals surface area contributed by atoms with Crippen molar-refractivity contribution < 1.29 is 9.18 Å². The number of aromatic nitrogens is 4. The van der Waals surface area contributed by atoms with Crippen molar-refractivity contribution in [2.75, 3.05) is 31.1 Å². The van der Waals surface area contributed by atoms with E-state index >= 15 is 0 Å². The van der Waals surface area contributed by atoms with Gasteiger partial charge in [-0.25, -0.2) is 4.39 Å². The van der Waals surface area contributed by atoms with Gasteiger partial charge in [0.25, 0.3) is 5.56 Å². The van der Waals surface area contributed by atoms with Gasteiger partial charge in [-0.15, -0.1) is 21.5 Å². The zero-order valence-corrected chi connectivity index (χ0v) is 20.1. The van der Waals surface area contributed by atoms with Crippen LogP contribution in [0.3, 0.4) is 0 Å². The number of hydrogen-bond donors (Lipinski definition) is 0. The van der Waals surface area contributed by atoms with Gasteiger partial charge >= 0.3 is 0 Å². The maximum absolute atomic E-state index is 13.2. The van der Waals surface area contributed by atoms with E-state index in [4.69, 9.17) is 0 Å². The number of anilines is 1. The molecule has 1 amide bonds. The summed E-state index contributed by atoms with van der Waals surface area (Å²) >= 11 is 1.42. The molecular weight excluding hydrogens is 455 g/mol. The lowest BCUT2D eigenvalue weighted by atomic mass is 10.2. The first-order chi connectivity index (χ1) is 16.4. The number of aryl methyl sites for hydroxylation is 1. The Morgan fingerprint density at radius 3 is 2.53 bits per heavy atom. The lowest BCUT2D eigenvalue weighted by Crippen LogP contribution is -2.48. The molecule has 0 bridgehead atoms. The van der Waals surface area contributed by atoms with E-state index in [1.165, 1.54) is 23.5 Å². The van der Waals surface area contributed by atoms with Gasteiger partial charge in [0.05, 0.1) is 5.52 Å². The Balaban J connectivity index is 1.30. The van der Waals surface area contributed by atoms with Gasteiger partial charge in [-0.1, -0.05) is 13.8 Å². The quantitative estimate of drug-likeness (QED) is 0.422. The fourth-order valence-electron chi connectivity index (χ4n) is 4.52. The average molecular weight is 483 g/mol. The number of halogens is 1. The van der Waals surface area contributed by atoms with Gasteiger partial charge in [-0.05, 0) is 41.6 Å². The summed E-state index contributed by atoms with van der Waals surface area (Å²) in [4.78, 5) is 30.0. The van der Waals surface area contributed by atoms with Crippen molar-refractivity contribution in [2.24, 2.45) is 5.92 Å². The topological polar surface area (TPSA) is 75.7 Å². The molecule has 0 spiro atoms. The van der Waals surface area contributed by atoms with Crippen LogP contribution in [0.25, 0.3) is 16.0 Å². The van der Waals surface area contributed by atoms with Crippen LogP contribution in [0.2, 0.25) is 0 Å². The van der Waals surface area contributed by atoms with E-state index in [-0.39, 0.29) is 23.2 Å². The fourth-order valence-corrected chi connectivity index (χ4v) is 5.34. The molecule has 3 aromatic heterocycles. The third-order valence-electron chi connectivity index (χ3n) is 6.21. The van der Waals surface area contributed by atoms with Gasteiger partial charge in [0.2, 0.25) is 11.7 Å². The molecule has 1 fully saturated rings. The molecule has 0 atom stereocenters. The maximum atomic E-state index is 13.2. The van der Waals surface area contributed by atoms with E-state index in [9.17, 15) is 14.0 Å². The van der Waals surface area contributed by atoms with Crippen molar-refractivity contribution >= 4 is 38.9 Å². The Kier molecular flexibility index (Phi) is 6.07. The van der Waals surface area contributed by atoms with Crippen molar-refractivity contribution in [1.29, 1.82) is 0 Å².